The molecule has 0 aromatic heterocycles. The minimum absolute atomic E-state index is 0.112. The van der Waals surface area contributed by atoms with Crippen LogP contribution in [-0.4, -0.2) is 67.9 Å². The molecular formula is C17H23N3O4S. The molecule has 7 nitrogen and oxygen atoms in total. The quantitative estimate of drug-likeness (QED) is 0.798. The number of carbonyl (C=O) groups excluding carboxylic acids is 2. The van der Waals surface area contributed by atoms with Crippen molar-refractivity contribution < 1.29 is 18.0 Å². The second-order valence-electron chi connectivity index (χ2n) is 6.67. The molecule has 2 aliphatic heterocycles. The van der Waals surface area contributed by atoms with Crippen LogP contribution in [0.5, 0.6) is 0 Å². The largest absolute Gasteiger partial charge is 0.336 e. The Hall–Kier alpha value is -1.93. The zero-order valence-electron chi connectivity index (χ0n) is 14.5. The number of piperazine rings is 1. The topological polar surface area (TPSA) is 78.0 Å². The van der Waals surface area contributed by atoms with E-state index in [4.69, 9.17) is 0 Å². The van der Waals surface area contributed by atoms with Gasteiger partial charge >= 0.3 is 0 Å². The third-order valence-electron chi connectivity index (χ3n) is 4.78. The predicted octanol–water partition coefficient (Wildman–Crippen LogP) is 0.919. The maximum absolute atomic E-state index is 12.7. The van der Waals surface area contributed by atoms with Crippen molar-refractivity contribution in [2.75, 3.05) is 37.3 Å². The van der Waals surface area contributed by atoms with E-state index in [2.05, 4.69) is 0 Å². The molecule has 2 fully saturated rings. The lowest BCUT2D eigenvalue weighted by molar-refractivity contribution is -0.117. The Morgan fingerprint density at radius 2 is 1.80 bits per heavy atom. The smallest absolute Gasteiger partial charge is 0.253 e. The van der Waals surface area contributed by atoms with Crippen LogP contribution < -0.4 is 4.90 Å². The second kappa shape index (κ2) is 6.76. The average Bonchev–Trinajstić information content (AvgIpc) is 2.99. The fourth-order valence-electron chi connectivity index (χ4n) is 3.51. The molecule has 3 rings (SSSR count). The highest BCUT2D eigenvalue weighted by Gasteiger charge is 2.32. The van der Waals surface area contributed by atoms with Crippen molar-refractivity contribution in [1.29, 1.82) is 0 Å². The monoisotopic (exact) mass is 365 g/mol. The van der Waals surface area contributed by atoms with Crippen LogP contribution in [0.3, 0.4) is 0 Å². The molecule has 0 saturated carbocycles. The van der Waals surface area contributed by atoms with Crippen molar-refractivity contribution >= 4 is 27.5 Å². The Morgan fingerprint density at radius 3 is 2.32 bits per heavy atom. The Labute approximate surface area is 148 Å². The molecule has 0 bridgehead atoms. The Bertz CT molecular complexity index is 776. The number of amides is 2. The van der Waals surface area contributed by atoms with Gasteiger partial charge < -0.3 is 9.80 Å². The van der Waals surface area contributed by atoms with Crippen LogP contribution in [0.1, 0.15) is 30.1 Å². The minimum Gasteiger partial charge on any atom is -0.336 e. The first-order valence-corrected chi connectivity index (χ1v) is 10.3. The number of hydrogen-bond acceptors (Lipinski definition) is 4. The summed E-state index contributed by atoms with van der Waals surface area (Å²) in [4.78, 5) is 27.9. The molecule has 2 saturated heterocycles. The molecule has 0 spiro atoms. The maximum atomic E-state index is 12.7. The van der Waals surface area contributed by atoms with Gasteiger partial charge in [0.05, 0.1) is 6.26 Å². The van der Waals surface area contributed by atoms with Gasteiger partial charge in [0.2, 0.25) is 15.9 Å². The van der Waals surface area contributed by atoms with E-state index in [1.54, 1.807) is 34.1 Å². The summed E-state index contributed by atoms with van der Waals surface area (Å²) in [6.07, 6.45) is 2.63. The molecule has 8 heteroatoms. The average molecular weight is 365 g/mol. The highest BCUT2D eigenvalue weighted by Crippen LogP contribution is 2.22. The van der Waals surface area contributed by atoms with Gasteiger partial charge in [0.25, 0.3) is 5.91 Å². The second-order valence-corrected chi connectivity index (χ2v) is 8.60. The number of carbonyl (C=O) groups is 2. The molecule has 0 aliphatic carbocycles. The maximum Gasteiger partial charge on any atom is 0.253 e. The van der Waals surface area contributed by atoms with Gasteiger partial charge in [0, 0.05) is 49.9 Å². The standard InChI is InChI=1S/C17H23N3O4S/c1-13-12-18(10-11-20(13)25(2,23)24)17(22)14-5-7-15(8-6-14)19-9-3-4-16(19)21/h5-8,13H,3-4,9-12H2,1-2H3/t13-/m0/s1. The molecule has 2 amide bonds. The first-order chi connectivity index (χ1) is 11.8. The van der Waals surface area contributed by atoms with Crippen LogP contribution >= 0.6 is 0 Å². The lowest BCUT2D eigenvalue weighted by atomic mass is 10.1. The summed E-state index contributed by atoms with van der Waals surface area (Å²) in [6, 6.07) is 6.82. The normalized spacial score (nSPS) is 22.5. The van der Waals surface area contributed by atoms with Crippen molar-refractivity contribution in [2.45, 2.75) is 25.8 Å². The molecule has 2 aliphatic rings. The fourth-order valence-corrected chi connectivity index (χ4v) is 4.64. The van der Waals surface area contributed by atoms with Crippen molar-refractivity contribution in [1.82, 2.24) is 9.21 Å². The van der Waals surface area contributed by atoms with Crippen LogP contribution in [0.15, 0.2) is 24.3 Å². The van der Waals surface area contributed by atoms with E-state index in [1.165, 1.54) is 10.6 Å². The van der Waals surface area contributed by atoms with Crippen LogP contribution in [0.2, 0.25) is 0 Å². The van der Waals surface area contributed by atoms with Gasteiger partial charge in [-0.3, -0.25) is 9.59 Å². The molecule has 0 unspecified atom stereocenters. The van der Waals surface area contributed by atoms with Crippen LogP contribution in [0, 0.1) is 0 Å². The number of hydrogen-bond donors (Lipinski definition) is 0. The summed E-state index contributed by atoms with van der Waals surface area (Å²) >= 11 is 0. The number of anilines is 1. The minimum atomic E-state index is -3.25. The lowest BCUT2D eigenvalue weighted by Gasteiger charge is -2.38. The Morgan fingerprint density at radius 1 is 1.12 bits per heavy atom. The van der Waals surface area contributed by atoms with Gasteiger partial charge in [0.15, 0.2) is 0 Å². The van der Waals surface area contributed by atoms with Gasteiger partial charge in [-0.1, -0.05) is 0 Å². The van der Waals surface area contributed by atoms with Crippen LogP contribution in [-0.2, 0) is 14.8 Å². The van der Waals surface area contributed by atoms with E-state index >= 15 is 0 Å². The van der Waals surface area contributed by atoms with Crippen molar-refractivity contribution in [3.8, 4) is 0 Å². The lowest BCUT2D eigenvalue weighted by Crippen LogP contribution is -2.55. The van der Waals surface area contributed by atoms with Gasteiger partial charge in [-0.25, -0.2) is 8.42 Å². The Kier molecular flexibility index (Phi) is 4.83. The third-order valence-corrected chi connectivity index (χ3v) is 6.17. The van der Waals surface area contributed by atoms with Gasteiger partial charge in [0.1, 0.15) is 0 Å². The van der Waals surface area contributed by atoms with Gasteiger partial charge in [-0.05, 0) is 37.6 Å². The van der Waals surface area contributed by atoms with E-state index in [0.29, 0.717) is 31.6 Å². The van der Waals surface area contributed by atoms with E-state index in [-0.39, 0.29) is 17.9 Å². The van der Waals surface area contributed by atoms with Crippen LogP contribution in [0.4, 0.5) is 5.69 Å². The summed E-state index contributed by atoms with van der Waals surface area (Å²) in [5, 5.41) is 0. The molecule has 25 heavy (non-hydrogen) atoms. The van der Waals surface area contributed by atoms with Crippen molar-refractivity contribution in [2.24, 2.45) is 0 Å². The zero-order chi connectivity index (χ0) is 18.2. The molecule has 1 aromatic carbocycles. The summed E-state index contributed by atoms with van der Waals surface area (Å²) in [6.45, 7) is 3.59. The molecule has 1 atom stereocenters. The summed E-state index contributed by atoms with van der Waals surface area (Å²) in [5.74, 6) is 0.00379. The first-order valence-electron chi connectivity index (χ1n) is 8.44. The van der Waals surface area contributed by atoms with E-state index in [9.17, 15) is 18.0 Å². The SMILES string of the molecule is C[C@H]1CN(C(=O)c2ccc(N3CCCC3=O)cc2)CCN1S(C)(=O)=O. The molecular weight excluding hydrogens is 342 g/mol. The molecule has 1 aromatic rings. The number of rotatable bonds is 3. The highest BCUT2D eigenvalue weighted by atomic mass is 32.2. The molecule has 136 valence electrons. The number of benzene rings is 1. The summed E-state index contributed by atoms with van der Waals surface area (Å²) in [5.41, 5.74) is 1.37. The highest BCUT2D eigenvalue weighted by molar-refractivity contribution is 7.88. The van der Waals surface area contributed by atoms with E-state index in [1.807, 2.05) is 6.92 Å². The number of sulfonamides is 1. The molecule has 0 radical (unpaired) electrons. The fraction of sp³-hybridized carbons (Fsp3) is 0.529. The summed E-state index contributed by atoms with van der Waals surface area (Å²) in [7, 11) is -3.25. The number of nitrogens with zero attached hydrogens (tertiary/aromatic N) is 3. The van der Waals surface area contributed by atoms with Crippen molar-refractivity contribution in [3.63, 3.8) is 0 Å². The van der Waals surface area contributed by atoms with Gasteiger partial charge in [-0.15, -0.1) is 0 Å². The first kappa shape index (κ1) is 17.9. The van der Waals surface area contributed by atoms with Crippen molar-refractivity contribution in [3.05, 3.63) is 29.8 Å². The third kappa shape index (κ3) is 3.69. The molecule has 0 N–H and O–H groups in total. The van der Waals surface area contributed by atoms with Crippen LogP contribution in [0.25, 0.3) is 0 Å². The Balaban J connectivity index is 1.68. The predicted molar refractivity (Wildman–Crippen MR) is 94.9 cm³/mol. The zero-order valence-corrected chi connectivity index (χ0v) is 15.3. The van der Waals surface area contributed by atoms with E-state index < -0.39 is 10.0 Å². The molecule has 2 heterocycles. The summed E-state index contributed by atoms with van der Waals surface area (Å²) < 4.78 is 24.9. The van der Waals surface area contributed by atoms with Gasteiger partial charge in [-0.2, -0.15) is 4.31 Å². The van der Waals surface area contributed by atoms with E-state index in [0.717, 1.165) is 18.7 Å².